The maximum atomic E-state index is 5.78. The second kappa shape index (κ2) is 5.58. The van der Waals surface area contributed by atoms with Gasteiger partial charge in [0.15, 0.2) is 0 Å². The third kappa shape index (κ3) is 2.79. The fraction of sp³-hybridized carbons (Fsp3) is 0.333. The van der Waals surface area contributed by atoms with Crippen molar-refractivity contribution in [1.29, 1.82) is 0 Å². The highest BCUT2D eigenvalue weighted by Gasteiger charge is 2.10. The van der Waals surface area contributed by atoms with Crippen molar-refractivity contribution in [3.05, 3.63) is 48.0 Å². The van der Waals surface area contributed by atoms with Gasteiger partial charge in [0.05, 0.1) is 6.10 Å². The van der Waals surface area contributed by atoms with Gasteiger partial charge in [-0.05, 0) is 67.6 Å². The lowest BCUT2D eigenvalue weighted by molar-refractivity contribution is 0.242. The van der Waals surface area contributed by atoms with Crippen LogP contribution in [0.2, 0.25) is 0 Å². The topological polar surface area (TPSA) is 21.3 Å². The van der Waals surface area contributed by atoms with Crippen LogP contribution in [0.4, 0.5) is 5.69 Å². The minimum atomic E-state index is 0.206. The molecule has 0 unspecified atom stereocenters. The molecule has 1 aliphatic rings. The van der Waals surface area contributed by atoms with Gasteiger partial charge in [0.2, 0.25) is 0 Å². The predicted molar refractivity (Wildman–Crippen MR) is 84.5 cm³/mol. The maximum absolute atomic E-state index is 5.78. The van der Waals surface area contributed by atoms with Crippen molar-refractivity contribution in [1.82, 2.24) is 0 Å². The van der Waals surface area contributed by atoms with Crippen molar-refractivity contribution in [2.75, 3.05) is 11.9 Å². The van der Waals surface area contributed by atoms with Crippen molar-refractivity contribution < 1.29 is 4.74 Å². The Hall–Kier alpha value is -1.96. The third-order valence-corrected chi connectivity index (χ3v) is 3.58. The zero-order chi connectivity index (χ0) is 13.9. The van der Waals surface area contributed by atoms with Crippen LogP contribution in [0.3, 0.4) is 0 Å². The van der Waals surface area contributed by atoms with Crippen molar-refractivity contribution in [3.63, 3.8) is 0 Å². The number of benzene rings is 2. The van der Waals surface area contributed by atoms with E-state index in [-0.39, 0.29) is 6.10 Å². The molecule has 0 saturated heterocycles. The zero-order valence-corrected chi connectivity index (χ0v) is 12.1. The first-order valence-electron chi connectivity index (χ1n) is 7.36. The fourth-order valence-electron chi connectivity index (χ4n) is 2.68. The van der Waals surface area contributed by atoms with E-state index < -0.39 is 0 Å². The number of ether oxygens (including phenoxy) is 1. The molecule has 1 aliphatic heterocycles. The summed E-state index contributed by atoms with van der Waals surface area (Å²) in [5, 5.41) is 3.45. The Bertz CT molecular complexity index is 604. The highest BCUT2D eigenvalue weighted by molar-refractivity contribution is 5.70. The SMILES string of the molecule is CC(C)Oc1cccc(-c2ccc3c(c2)CCCN3)c1. The monoisotopic (exact) mass is 267 g/mol. The van der Waals surface area contributed by atoms with Gasteiger partial charge >= 0.3 is 0 Å². The molecule has 0 spiro atoms. The normalized spacial score (nSPS) is 13.8. The molecular weight excluding hydrogens is 246 g/mol. The summed E-state index contributed by atoms with van der Waals surface area (Å²) < 4.78 is 5.78. The molecule has 2 aromatic carbocycles. The molecule has 0 aliphatic carbocycles. The van der Waals surface area contributed by atoms with Gasteiger partial charge in [-0.1, -0.05) is 18.2 Å². The van der Waals surface area contributed by atoms with Crippen LogP contribution in [0.5, 0.6) is 5.75 Å². The van der Waals surface area contributed by atoms with Crippen LogP contribution in [0.15, 0.2) is 42.5 Å². The molecule has 20 heavy (non-hydrogen) atoms. The molecule has 104 valence electrons. The van der Waals surface area contributed by atoms with Gasteiger partial charge in [-0.25, -0.2) is 0 Å². The fourth-order valence-corrected chi connectivity index (χ4v) is 2.68. The summed E-state index contributed by atoms with van der Waals surface area (Å²) in [4.78, 5) is 0. The maximum Gasteiger partial charge on any atom is 0.120 e. The summed E-state index contributed by atoms with van der Waals surface area (Å²) >= 11 is 0. The van der Waals surface area contributed by atoms with Crippen molar-refractivity contribution >= 4 is 5.69 Å². The van der Waals surface area contributed by atoms with Gasteiger partial charge in [-0.3, -0.25) is 0 Å². The molecule has 0 aromatic heterocycles. The van der Waals surface area contributed by atoms with Gasteiger partial charge in [0, 0.05) is 12.2 Å². The van der Waals surface area contributed by atoms with E-state index >= 15 is 0 Å². The molecule has 2 heteroatoms. The van der Waals surface area contributed by atoms with Crippen LogP contribution in [-0.4, -0.2) is 12.6 Å². The van der Waals surface area contributed by atoms with Crippen LogP contribution >= 0.6 is 0 Å². The van der Waals surface area contributed by atoms with Crippen molar-refractivity contribution in [2.45, 2.75) is 32.8 Å². The molecule has 2 aromatic rings. The number of hydrogen-bond donors (Lipinski definition) is 1. The Morgan fingerprint density at radius 3 is 2.75 bits per heavy atom. The summed E-state index contributed by atoms with van der Waals surface area (Å²) in [6.45, 7) is 5.19. The Labute approximate surface area is 120 Å². The molecular formula is C18H21NO. The summed E-state index contributed by atoms with van der Waals surface area (Å²) in [5.41, 5.74) is 5.19. The molecule has 0 amide bonds. The van der Waals surface area contributed by atoms with Crippen LogP contribution in [-0.2, 0) is 6.42 Å². The molecule has 1 heterocycles. The molecule has 3 rings (SSSR count). The predicted octanol–water partition coefficient (Wildman–Crippen LogP) is 4.50. The smallest absolute Gasteiger partial charge is 0.120 e. The van der Waals surface area contributed by atoms with Gasteiger partial charge in [0.1, 0.15) is 5.75 Å². The number of fused-ring (bicyclic) bond motifs is 1. The van der Waals surface area contributed by atoms with E-state index in [9.17, 15) is 0 Å². The standard InChI is InChI=1S/C18H21NO/c1-13(2)20-17-7-3-5-14(12-17)15-8-9-18-16(11-15)6-4-10-19-18/h3,5,7-9,11-13,19H,4,6,10H2,1-2H3. The van der Waals surface area contributed by atoms with Gasteiger partial charge in [0.25, 0.3) is 0 Å². The number of nitrogens with one attached hydrogen (secondary N) is 1. The number of aryl methyl sites for hydroxylation is 1. The zero-order valence-electron chi connectivity index (χ0n) is 12.1. The van der Waals surface area contributed by atoms with Gasteiger partial charge < -0.3 is 10.1 Å². The number of rotatable bonds is 3. The Morgan fingerprint density at radius 1 is 1.05 bits per heavy atom. The first kappa shape index (κ1) is 13.0. The molecule has 0 fully saturated rings. The Morgan fingerprint density at radius 2 is 1.90 bits per heavy atom. The largest absolute Gasteiger partial charge is 0.491 e. The van der Waals surface area contributed by atoms with Crippen LogP contribution in [0.1, 0.15) is 25.8 Å². The van der Waals surface area contributed by atoms with E-state index in [2.05, 4.69) is 55.6 Å². The number of anilines is 1. The lowest BCUT2D eigenvalue weighted by atomic mass is 9.97. The number of hydrogen-bond acceptors (Lipinski definition) is 2. The second-order valence-corrected chi connectivity index (χ2v) is 5.60. The third-order valence-electron chi connectivity index (χ3n) is 3.58. The van der Waals surface area contributed by atoms with Crippen LogP contribution in [0, 0.1) is 0 Å². The highest BCUT2D eigenvalue weighted by Crippen LogP contribution is 2.30. The lowest BCUT2D eigenvalue weighted by Crippen LogP contribution is -2.11. The quantitative estimate of drug-likeness (QED) is 0.884. The van der Waals surface area contributed by atoms with Gasteiger partial charge in [-0.2, -0.15) is 0 Å². The first-order chi connectivity index (χ1) is 9.72. The lowest BCUT2D eigenvalue weighted by Gasteiger charge is -2.19. The minimum Gasteiger partial charge on any atom is -0.491 e. The molecule has 2 nitrogen and oxygen atoms in total. The molecule has 0 saturated carbocycles. The van der Waals surface area contributed by atoms with Crippen molar-refractivity contribution in [3.8, 4) is 16.9 Å². The Balaban J connectivity index is 1.92. The van der Waals surface area contributed by atoms with Crippen LogP contribution in [0.25, 0.3) is 11.1 Å². The summed E-state index contributed by atoms with van der Waals surface area (Å²) in [5.74, 6) is 0.938. The molecule has 1 N–H and O–H groups in total. The second-order valence-electron chi connectivity index (χ2n) is 5.60. The van der Waals surface area contributed by atoms with Crippen LogP contribution < -0.4 is 10.1 Å². The Kier molecular flexibility index (Phi) is 3.64. The molecule has 0 bridgehead atoms. The van der Waals surface area contributed by atoms with Crippen molar-refractivity contribution in [2.24, 2.45) is 0 Å². The summed E-state index contributed by atoms with van der Waals surface area (Å²) in [7, 11) is 0. The summed E-state index contributed by atoms with van der Waals surface area (Å²) in [6, 6.07) is 15.0. The van der Waals surface area contributed by atoms with E-state index in [0.29, 0.717) is 0 Å². The molecule has 0 radical (unpaired) electrons. The average molecular weight is 267 g/mol. The first-order valence-corrected chi connectivity index (χ1v) is 7.36. The van der Waals surface area contributed by atoms with E-state index in [1.807, 2.05) is 6.07 Å². The average Bonchev–Trinajstić information content (AvgIpc) is 2.46. The molecule has 0 atom stereocenters. The summed E-state index contributed by atoms with van der Waals surface area (Å²) in [6.07, 6.45) is 2.59. The van der Waals surface area contributed by atoms with E-state index in [1.54, 1.807) is 0 Å². The van der Waals surface area contributed by atoms with E-state index in [1.165, 1.54) is 35.2 Å². The van der Waals surface area contributed by atoms with Gasteiger partial charge in [-0.15, -0.1) is 0 Å². The highest BCUT2D eigenvalue weighted by atomic mass is 16.5. The minimum absolute atomic E-state index is 0.206. The van der Waals surface area contributed by atoms with E-state index in [0.717, 1.165) is 12.3 Å². The van der Waals surface area contributed by atoms with E-state index in [4.69, 9.17) is 4.74 Å².